The lowest BCUT2D eigenvalue weighted by molar-refractivity contribution is 0.0690. The number of benzene rings is 2. The molecule has 0 spiro atoms. The second-order valence-corrected chi connectivity index (χ2v) is 8.81. The van der Waals surface area contributed by atoms with Gasteiger partial charge in [0.25, 0.3) is 11.5 Å². The van der Waals surface area contributed by atoms with Gasteiger partial charge in [-0.25, -0.2) is 0 Å². The molecule has 32 heavy (non-hydrogen) atoms. The Kier molecular flexibility index (Phi) is 7.17. The highest BCUT2D eigenvalue weighted by Crippen LogP contribution is 2.23. The second-order valence-electron chi connectivity index (χ2n) is 8.42. The fourth-order valence-corrected chi connectivity index (χ4v) is 4.71. The van der Waals surface area contributed by atoms with E-state index in [-0.39, 0.29) is 11.5 Å². The number of methoxy groups -OCH3 is 1. The molecule has 0 saturated carbocycles. The van der Waals surface area contributed by atoms with Gasteiger partial charge in [0.15, 0.2) is 4.77 Å². The number of hydrogen-bond donors (Lipinski definition) is 1. The molecule has 4 rings (SSSR count). The molecule has 1 aliphatic heterocycles. The van der Waals surface area contributed by atoms with Crippen LogP contribution >= 0.6 is 12.2 Å². The number of fused-ring (bicyclic) bond motifs is 1. The van der Waals surface area contributed by atoms with Crippen molar-refractivity contribution in [2.24, 2.45) is 5.92 Å². The molecule has 1 N–H and O–H groups in total. The Morgan fingerprint density at radius 3 is 2.62 bits per heavy atom. The van der Waals surface area contributed by atoms with Gasteiger partial charge < -0.3 is 14.6 Å². The monoisotopic (exact) mass is 451 g/mol. The van der Waals surface area contributed by atoms with Gasteiger partial charge in [-0.15, -0.1) is 0 Å². The maximum atomic E-state index is 13.1. The first-order valence-corrected chi connectivity index (χ1v) is 11.6. The standard InChI is InChI=1S/C25H29N3O3S/c1-31-15-5-12-28-24(30)21-9-8-20(17-22(21)26-25(28)32)23(29)27-13-10-19(11-14-27)16-18-6-3-2-4-7-18/h2-4,6-9,17,19H,5,10-16H2,1H3,(H,26,32). The predicted octanol–water partition coefficient (Wildman–Crippen LogP) is 4.19. The third-order valence-corrected chi connectivity index (χ3v) is 6.55. The van der Waals surface area contributed by atoms with Gasteiger partial charge in [-0.2, -0.15) is 0 Å². The van der Waals surface area contributed by atoms with Crippen LogP contribution in [0.5, 0.6) is 0 Å². The SMILES string of the molecule is COCCCn1c(=S)[nH]c2cc(C(=O)N3CCC(Cc4ccccc4)CC3)ccc2c1=O. The minimum absolute atomic E-state index is 0.00801. The smallest absolute Gasteiger partial charge is 0.262 e. The Balaban J connectivity index is 1.45. The molecule has 1 aromatic heterocycles. The number of nitrogens with zero attached hydrogens (tertiary/aromatic N) is 2. The topological polar surface area (TPSA) is 67.3 Å². The molecule has 0 bridgehead atoms. The van der Waals surface area contributed by atoms with E-state index in [4.69, 9.17) is 17.0 Å². The van der Waals surface area contributed by atoms with Crippen LogP contribution in [0.2, 0.25) is 0 Å². The van der Waals surface area contributed by atoms with Crippen LogP contribution in [-0.2, 0) is 17.7 Å². The molecule has 2 aromatic carbocycles. The van der Waals surface area contributed by atoms with Crippen molar-refractivity contribution in [1.29, 1.82) is 0 Å². The van der Waals surface area contributed by atoms with Crippen LogP contribution < -0.4 is 5.56 Å². The molecule has 1 amide bonds. The number of ether oxygens (including phenoxy) is 1. The molecule has 7 heteroatoms. The Labute approximate surface area is 192 Å². The Morgan fingerprint density at radius 1 is 1.16 bits per heavy atom. The number of likely N-dealkylation sites (tertiary alicyclic amines) is 1. The highest BCUT2D eigenvalue weighted by molar-refractivity contribution is 7.71. The van der Waals surface area contributed by atoms with Crippen LogP contribution in [0.25, 0.3) is 10.9 Å². The third-order valence-electron chi connectivity index (χ3n) is 6.23. The minimum atomic E-state index is -0.138. The summed E-state index contributed by atoms with van der Waals surface area (Å²) in [5.74, 6) is 0.611. The third kappa shape index (κ3) is 5.00. The number of hydrogen-bond acceptors (Lipinski definition) is 4. The highest BCUT2D eigenvalue weighted by atomic mass is 32.1. The van der Waals surface area contributed by atoms with Gasteiger partial charge in [-0.3, -0.25) is 14.2 Å². The van der Waals surface area contributed by atoms with Crippen LogP contribution in [0.3, 0.4) is 0 Å². The summed E-state index contributed by atoms with van der Waals surface area (Å²) < 4.78 is 6.98. The maximum absolute atomic E-state index is 13.1. The summed E-state index contributed by atoms with van der Waals surface area (Å²) in [6.45, 7) is 2.57. The van der Waals surface area contributed by atoms with E-state index in [1.165, 1.54) is 5.56 Å². The number of H-pyrrole nitrogens is 1. The molecule has 6 nitrogen and oxygen atoms in total. The molecule has 1 fully saturated rings. The van der Waals surface area contributed by atoms with E-state index in [2.05, 4.69) is 29.2 Å². The zero-order valence-electron chi connectivity index (χ0n) is 18.4. The van der Waals surface area contributed by atoms with Crippen molar-refractivity contribution in [3.05, 3.63) is 74.8 Å². The summed E-state index contributed by atoms with van der Waals surface area (Å²) >= 11 is 5.39. The van der Waals surface area contributed by atoms with E-state index in [1.54, 1.807) is 29.9 Å². The van der Waals surface area contributed by atoms with Gasteiger partial charge in [0, 0.05) is 38.9 Å². The largest absolute Gasteiger partial charge is 0.385 e. The van der Waals surface area contributed by atoms with Gasteiger partial charge in [-0.1, -0.05) is 30.3 Å². The summed E-state index contributed by atoms with van der Waals surface area (Å²) in [5.41, 5.74) is 2.41. The van der Waals surface area contributed by atoms with Gasteiger partial charge in [0.05, 0.1) is 10.9 Å². The average molecular weight is 452 g/mol. The van der Waals surface area contributed by atoms with Crippen LogP contribution in [0.1, 0.15) is 35.2 Å². The number of piperidine rings is 1. The fourth-order valence-electron chi connectivity index (χ4n) is 4.43. The second kappa shape index (κ2) is 10.2. The summed E-state index contributed by atoms with van der Waals surface area (Å²) in [4.78, 5) is 31.0. The number of rotatable bonds is 7. The molecule has 0 aliphatic carbocycles. The van der Waals surface area contributed by atoms with Crippen LogP contribution in [0.15, 0.2) is 53.3 Å². The van der Waals surface area contributed by atoms with Gasteiger partial charge >= 0.3 is 0 Å². The predicted molar refractivity (Wildman–Crippen MR) is 129 cm³/mol. The molecule has 0 radical (unpaired) electrons. The molecular weight excluding hydrogens is 422 g/mol. The molecular formula is C25H29N3O3S. The zero-order valence-corrected chi connectivity index (χ0v) is 19.2. The Morgan fingerprint density at radius 2 is 1.91 bits per heavy atom. The van der Waals surface area contributed by atoms with Crippen molar-refractivity contribution in [1.82, 2.24) is 14.5 Å². The lowest BCUT2D eigenvalue weighted by Crippen LogP contribution is -2.39. The van der Waals surface area contributed by atoms with Crippen molar-refractivity contribution in [3.8, 4) is 0 Å². The van der Waals surface area contributed by atoms with E-state index in [0.717, 1.165) is 32.4 Å². The van der Waals surface area contributed by atoms with E-state index >= 15 is 0 Å². The number of carbonyl (C=O) groups excluding carboxylic acids is 1. The number of amides is 1. The normalized spacial score (nSPS) is 14.7. The summed E-state index contributed by atoms with van der Waals surface area (Å²) in [7, 11) is 1.63. The van der Waals surface area contributed by atoms with E-state index in [9.17, 15) is 9.59 Å². The molecule has 0 atom stereocenters. The van der Waals surface area contributed by atoms with Gasteiger partial charge in [0.1, 0.15) is 0 Å². The molecule has 3 aromatic rings. The average Bonchev–Trinajstić information content (AvgIpc) is 2.81. The molecule has 2 heterocycles. The first kappa shape index (κ1) is 22.4. The molecule has 0 unspecified atom stereocenters. The fraction of sp³-hybridized carbons (Fsp3) is 0.400. The summed E-state index contributed by atoms with van der Waals surface area (Å²) in [6.07, 6.45) is 3.77. The molecule has 1 aliphatic rings. The van der Waals surface area contributed by atoms with Crippen LogP contribution in [-0.4, -0.2) is 47.2 Å². The minimum Gasteiger partial charge on any atom is -0.385 e. The van der Waals surface area contributed by atoms with Gasteiger partial charge in [-0.05, 0) is 67.6 Å². The van der Waals surface area contributed by atoms with Crippen molar-refractivity contribution in [3.63, 3.8) is 0 Å². The van der Waals surface area contributed by atoms with E-state index in [1.807, 2.05) is 11.0 Å². The Hall–Kier alpha value is -2.77. The van der Waals surface area contributed by atoms with Crippen molar-refractivity contribution in [2.45, 2.75) is 32.2 Å². The van der Waals surface area contributed by atoms with Crippen molar-refractivity contribution < 1.29 is 9.53 Å². The van der Waals surface area contributed by atoms with E-state index < -0.39 is 0 Å². The number of aromatic nitrogens is 2. The Bertz CT molecular complexity index is 1190. The van der Waals surface area contributed by atoms with Crippen molar-refractivity contribution >= 4 is 29.0 Å². The van der Waals surface area contributed by atoms with E-state index in [0.29, 0.717) is 46.7 Å². The number of nitrogens with one attached hydrogen (secondary N) is 1. The summed E-state index contributed by atoms with van der Waals surface area (Å²) in [6, 6.07) is 15.8. The lowest BCUT2D eigenvalue weighted by Gasteiger charge is -2.32. The lowest BCUT2D eigenvalue weighted by atomic mass is 9.90. The first-order chi connectivity index (χ1) is 15.6. The van der Waals surface area contributed by atoms with Gasteiger partial charge in [0.2, 0.25) is 0 Å². The van der Waals surface area contributed by atoms with Crippen LogP contribution in [0, 0.1) is 10.7 Å². The summed E-state index contributed by atoms with van der Waals surface area (Å²) in [5, 5.41) is 0.536. The highest BCUT2D eigenvalue weighted by Gasteiger charge is 2.24. The molecule has 168 valence electrons. The maximum Gasteiger partial charge on any atom is 0.262 e. The van der Waals surface area contributed by atoms with Crippen LogP contribution in [0.4, 0.5) is 0 Å². The number of aromatic amines is 1. The quantitative estimate of drug-likeness (QED) is 0.432. The first-order valence-electron chi connectivity index (χ1n) is 11.2. The molecule has 1 saturated heterocycles. The van der Waals surface area contributed by atoms with Crippen molar-refractivity contribution in [2.75, 3.05) is 26.8 Å². The zero-order chi connectivity index (χ0) is 22.5. The number of carbonyl (C=O) groups is 1.